The number of benzene rings is 3. The summed E-state index contributed by atoms with van der Waals surface area (Å²) in [6, 6.07) is 21.3. The Bertz CT molecular complexity index is 1310. The second-order valence-electron chi connectivity index (χ2n) is 9.04. The van der Waals surface area contributed by atoms with E-state index in [0.717, 1.165) is 24.1 Å². The lowest BCUT2D eigenvalue weighted by Crippen LogP contribution is -2.37. The van der Waals surface area contributed by atoms with Gasteiger partial charge in [0.15, 0.2) is 11.5 Å². The second kappa shape index (κ2) is 9.64. The molecule has 0 aromatic heterocycles. The molecule has 1 saturated heterocycles. The molecule has 2 aliphatic rings. The maximum absolute atomic E-state index is 14.0. The van der Waals surface area contributed by atoms with Gasteiger partial charge < -0.3 is 9.47 Å². The van der Waals surface area contributed by atoms with Crippen molar-refractivity contribution < 1.29 is 17.9 Å². The number of fused-ring (bicyclic) bond motifs is 3. The predicted molar refractivity (Wildman–Crippen MR) is 136 cm³/mol. The molecule has 5 rings (SSSR count). The van der Waals surface area contributed by atoms with Gasteiger partial charge in [-0.3, -0.25) is 4.90 Å². The normalized spacial score (nSPS) is 20.3. The molecule has 6 nitrogen and oxygen atoms in total. The Hall–Kier alpha value is -2.87. The van der Waals surface area contributed by atoms with Gasteiger partial charge in [0.1, 0.15) is 6.17 Å². The van der Waals surface area contributed by atoms with E-state index in [2.05, 4.69) is 23.1 Å². The fraction of sp³-hybridized carbons (Fsp3) is 0.357. The number of ether oxygens (including phenoxy) is 2. The van der Waals surface area contributed by atoms with Crippen LogP contribution in [0.2, 0.25) is 0 Å². The lowest BCUT2D eigenvalue weighted by Gasteiger charge is -2.36. The lowest BCUT2D eigenvalue weighted by atomic mass is 9.93. The molecule has 7 heteroatoms. The largest absolute Gasteiger partial charge is 0.490 e. The fourth-order valence-corrected chi connectivity index (χ4v) is 6.86. The van der Waals surface area contributed by atoms with Gasteiger partial charge in [-0.1, -0.05) is 48.0 Å². The Kier molecular flexibility index (Phi) is 6.57. The van der Waals surface area contributed by atoms with Crippen LogP contribution in [0.3, 0.4) is 0 Å². The molecular weight excluding hydrogens is 460 g/mol. The standard InChI is InChI=1S/C28H32N2O4S/c1-4-33-26-15-12-22(18-27(26)34-5-2)28-29-17-16-21-8-6-7-9-24(21)25(29)19-30(28)35(31,32)23-13-10-20(3)11-14-23/h6-15,18,25,28H,4-5,16-17,19H2,1-3H3/t25-,28-/m1/s1. The van der Waals surface area contributed by atoms with Crippen molar-refractivity contribution in [2.45, 2.75) is 44.3 Å². The zero-order chi connectivity index (χ0) is 24.6. The highest BCUT2D eigenvalue weighted by atomic mass is 32.2. The van der Waals surface area contributed by atoms with Crippen molar-refractivity contribution in [1.82, 2.24) is 9.21 Å². The van der Waals surface area contributed by atoms with Crippen LogP contribution in [0.4, 0.5) is 0 Å². The first-order valence-electron chi connectivity index (χ1n) is 12.3. The van der Waals surface area contributed by atoms with E-state index in [9.17, 15) is 8.42 Å². The summed E-state index contributed by atoms with van der Waals surface area (Å²) in [5.74, 6) is 1.31. The lowest BCUT2D eigenvalue weighted by molar-refractivity contribution is 0.154. The number of hydrogen-bond acceptors (Lipinski definition) is 5. The van der Waals surface area contributed by atoms with E-state index in [1.165, 1.54) is 11.1 Å². The van der Waals surface area contributed by atoms with Crippen LogP contribution in [-0.2, 0) is 16.4 Å². The SMILES string of the molecule is CCOc1ccc([C@@H]2N3CCc4ccccc4[C@H]3CN2S(=O)(=O)c2ccc(C)cc2)cc1OCC. The molecule has 0 radical (unpaired) electrons. The minimum atomic E-state index is -3.74. The summed E-state index contributed by atoms with van der Waals surface area (Å²) in [5.41, 5.74) is 4.42. The van der Waals surface area contributed by atoms with Crippen LogP contribution in [0, 0.1) is 6.92 Å². The van der Waals surface area contributed by atoms with Crippen LogP contribution in [0.25, 0.3) is 0 Å². The summed E-state index contributed by atoms with van der Waals surface area (Å²) in [5, 5.41) is 0. The summed E-state index contributed by atoms with van der Waals surface area (Å²) in [4.78, 5) is 2.64. The third-order valence-corrected chi connectivity index (χ3v) is 8.72. The van der Waals surface area contributed by atoms with Gasteiger partial charge in [0.25, 0.3) is 0 Å². The van der Waals surface area contributed by atoms with Crippen LogP contribution in [0.1, 0.15) is 48.3 Å². The van der Waals surface area contributed by atoms with Crippen LogP contribution in [0.15, 0.2) is 71.6 Å². The van der Waals surface area contributed by atoms with E-state index in [1.54, 1.807) is 16.4 Å². The molecular formula is C28H32N2O4S. The Morgan fingerprint density at radius 3 is 2.37 bits per heavy atom. The monoisotopic (exact) mass is 492 g/mol. The minimum Gasteiger partial charge on any atom is -0.490 e. The molecule has 0 saturated carbocycles. The number of rotatable bonds is 7. The summed E-state index contributed by atoms with van der Waals surface area (Å²) in [7, 11) is -3.74. The van der Waals surface area contributed by atoms with Crippen LogP contribution in [-0.4, -0.2) is 43.9 Å². The number of sulfonamides is 1. The van der Waals surface area contributed by atoms with Gasteiger partial charge in [-0.15, -0.1) is 0 Å². The Balaban J connectivity index is 1.62. The van der Waals surface area contributed by atoms with Gasteiger partial charge in [0, 0.05) is 13.1 Å². The van der Waals surface area contributed by atoms with E-state index in [4.69, 9.17) is 9.47 Å². The van der Waals surface area contributed by atoms with Gasteiger partial charge in [-0.25, -0.2) is 8.42 Å². The first-order valence-corrected chi connectivity index (χ1v) is 13.7. The first-order chi connectivity index (χ1) is 16.9. The summed E-state index contributed by atoms with van der Waals surface area (Å²) >= 11 is 0. The third-order valence-electron chi connectivity index (χ3n) is 6.89. The van der Waals surface area contributed by atoms with Crippen molar-refractivity contribution in [3.8, 4) is 11.5 Å². The number of hydrogen-bond donors (Lipinski definition) is 0. The van der Waals surface area contributed by atoms with E-state index in [-0.39, 0.29) is 6.04 Å². The average molecular weight is 493 g/mol. The van der Waals surface area contributed by atoms with Crippen LogP contribution >= 0.6 is 0 Å². The van der Waals surface area contributed by atoms with E-state index in [1.807, 2.05) is 57.2 Å². The third kappa shape index (κ3) is 4.33. The van der Waals surface area contributed by atoms with Crippen molar-refractivity contribution in [1.29, 1.82) is 0 Å². The summed E-state index contributed by atoms with van der Waals surface area (Å²) in [6.07, 6.45) is 0.450. The van der Waals surface area contributed by atoms with Gasteiger partial charge >= 0.3 is 0 Å². The van der Waals surface area contributed by atoms with Gasteiger partial charge in [0.05, 0.1) is 24.2 Å². The molecule has 0 unspecified atom stereocenters. The molecule has 2 atom stereocenters. The fourth-order valence-electron chi connectivity index (χ4n) is 5.26. The number of aryl methyl sites for hydroxylation is 1. The average Bonchev–Trinajstić information content (AvgIpc) is 3.27. The molecule has 3 aromatic rings. The second-order valence-corrected chi connectivity index (χ2v) is 10.9. The predicted octanol–water partition coefficient (Wildman–Crippen LogP) is 5.09. The Morgan fingerprint density at radius 1 is 0.914 bits per heavy atom. The molecule has 0 bridgehead atoms. The van der Waals surface area contributed by atoms with Crippen molar-refractivity contribution in [3.05, 3.63) is 89.0 Å². The van der Waals surface area contributed by atoms with Gasteiger partial charge in [-0.05, 0) is 68.1 Å². The molecule has 0 spiro atoms. The van der Waals surface area contributed by atoms with E-state index in [0.29, 0.717) is 36.2 Å². The van der Waals surface area contributed by atoms with Crippen LogP contribution in [0.5, 0.6) is 11.5 Å². The van der Waals surface area contributed by atoms with Gasteiger partial charge in [-0.2, -0.15) is 4.31 Å². The Labute approximate surface area is 208 Å². The maximum atomic E-state index is 14.0. The number of nitrogens with zero attached hydrogens (tertiary/aromatic N) is 2. The van der Waals surface area contributed by atoms with Crippen molar-refractivity contribution in [3.63, 3.8) is 0 Å². The molecule has 2 heterocycles. The molecule has 0 N–H and O–H groups in total. The van der Waals surface area contributed by atoms with E-state index < -0.39 is 16.2 Å². The highest BCUT2D eigenvalue weighted by Gasteiger charge is 2.48. The molecule has 35 heavy (non-hydrogen) atoms. The topological polar surface area (TPSA) is 59.1 Å². The van der Waals surface area contributed by atoms with Crippen molar-refractivity contribution in [2.24, 2.45) is 0 Å². The molecule has 0 aliphatic carbocycles. The smallest absolute Gasteiger partial charge is 0.244 e. The maximum Gasteiger partial charge on any atom is 0.244 e. The van der Waals surface area contributed by atoms with Gasteiger partial charge in [0.2, 0.25) is 10.0 Å². The molecule has 2 aliphatic heterocycles. The quantitative estimate of drug-likeness (QED) is 0.460. The minimum absolute atomic E-state index is 0.00714. The van der Waals surface area contributed by atoms with E-state index >= 15 is 0 Å². The zero-order valence-electron chi connectivity index (χ0n) is 20.5. The molecule has 1 fully saturated rings. The Morgan fingerprint density at radius 2 is 1.63 bits per heavy atom. The van der Waals surface area contributed by atoms with Crippen molar-refractivity contribution >= 4 is 10.0 Å². The molecule has 184 valence electrons. The van der Waals surface area contributed by atoms with Crippen LogP contribution < -0.4 is 9.47 Å². The first kappa shape index (κ1) is 23.9. The van der Waals surface area contributed by atoms with Crippen molar-refractivity contribution in [2.75, 3.05) is 26.3 Å². The molecule has 0 amide bonds. The highest BCUT2D eigenvalue weighted by Crippen LogP contribution is 2.47. The summed E-state index contributed by atoms with van der Waals surface area (Å²) in [6.45, 7) is 8.04. The summed E-state index contributed by atoms with van der Waals surface area (Å²) < 4.78 is 41.3. The molecule has 3 aromatic carbocycles. The zero-order valence-corrected chi connectivity index (χ0v) is 21.3. The highest BCUT2D eigenvalue weighted by molar-refractivity contribution is 7.89.